The average Bonchev–Trinajstić information content (AvgIpc) is 3.20. The largest absolute Gasteiger partial charge is 0.493 e. The molecule has 4 rings (SSSR count). The van der Waals surface area contributed by atoms with Gasteiger partial charge >= 0.3 is 0 Å². The Labute approximate surface area is 209 Å². The zero-order valence-corrected chi connectivity index (χ0v) is 20.7. The summed E-state index contributed by atoms with van der Waals surface area (Å²) in [6, 6.07) is 20.0. The number of benzene rings is 3. The van der Waals surface area contributed by atoms with Crippen molar-refractivity contribution in [1.29, 1.82) is 0 Å². The zero-order valence-electron chi connectivity index (χ0n) is 17.6. The molecule has 0 aromatic heterocycles. The molecule has 0 bridgehead atoms. The molecular weight excluding hydrogens is 528 g/mol. The molecule has 1 fully saturated rings. The molecule has 6 nitrogen and oxygen atoms in total. The van der Waals surface area contributed by atoms with Crippen LogP contribution < -0.4 is 19.7 Å². The number of ether oxygens (including phenoxy) is 2. The van der Waals surface area contributed by atoms with Crippen molar-refractivity contribution in [3.8, 4) is 11.5 Å². The monoisotopic (exact) mass is 546 g/mol. The highest BCUT2D eigenvalue weighted by Crippen LogP contribution is 2.46. The molecule has 33 heavy (non-hydrogen) atoms. The van der Waals surface area contributed by atoms with E-state index in [1.807, 2.05) is 42.5 Å². The van der Waals surface area contributed by atoms with Gasteiger partial charge in [-0.1, -0.05) is 29.8 Å². The molecule has 1 N–H and O–H groups in total. The van der Waals surface area contributed by atoms with Gasteiger partial charge in [0.15, 0.2) is 18.1 Å². The van der Waals surface area contributed by atoms with E-state index in [0.29, 0.717) is 32.4 Å². The van der Waals surface area contributed by atoms with Crippen LogP contribution in [0.5, 0.6) is 11.5 Å². The summed E-state index contributed by atoms with van der Waals surface area (Å²) in [4.78, 5) is 26.7. The Hall–Kier alpha value is -2.68. The summed E-state index contributed by atoms with van der Waals surface area (Å²) >= 11 is 11.1. The van der Waals surface area contributed by atoms with Gasteiger partial charge in [-0.15, -0.1) is 11.8 Å². The number of nitrogens with one attached hydrogen (secondary N) is 1. The van der Waals surface area contributed by atoms with Crippen LogP contribution in [0.1, 0.15) is 10.9 Å². The van der Waals surface area contributed by atoms with Crippen molar-refractivity contribution in [2.75, 3.05) is 29.7 Å². The van der Waals surface area contributed by atoms with E-state index in [0.717, 1.165) is 11.3 Å². The van der Waals surface area contributed by atoms with E-state index in [9.17, 15) is 9.59 Å². The first-order valence-corrected chi connectivity index (χ1v) is 12.2. The third-order valence-corrected chi connectivity index (χ3v) is 6.97. The second-order valence-corrected chi connectivity index (χ2v) is 9.50. The van der Waals surface area contributed by atoms with Crippen LogP contribution in [-0.2, 0) is 9.59 Å². The average molecular weight is 548 g/mol. The maximum absolute atomic E-state index is 12.6. The van der Waals surface area contributed by atoms with Crippen LogP contribution in [0.25, 0.3) is 0 Å². The zero-order chi connectivity index (χ0) is 23.4. The van der Waals surface area contributed by atoms with Crippen molar-refractivity contribution in [1.82, 2.24) is 0 Å². The normalized spacial score (nSPS) is 15.4. The Morgan fingerprint density at radius 1 is 1.18 bits per heavy atom. The lowest BCUT2D eigenvalue weighted by Crippen LogP contribution is -2.27. The van der Waals surface area contributed by atoms with E-state index in [1.54, 1.807) is 29.2 Å². The SMILES string of the molecule is COc1cc([C@@H]2SCC(=O)N2c2ccc(Cl)cc2)cc(Br)c1OCC(=O)Nc1ccccc1. The Balaban J connectivity index is 1.53. The van der Waals surface area contributed by atoms with Crippen LogP contribution in [0, 0.1) is 0 Å². The van der Waals surface area contributed by atoms with Crippen molar-refractivity contribution >= 4 is 62.5 Å². The fourth-order valence-corrected chi connectivity index (χ4v) is 5.29. The summed E-state index contributed by atoms with van der Waals surface area (Å²) in [5, 5.41) is 3.15. The minimum absolute atomic E-state index is 0.0142. The summed E-state index contributed by atoms with van der Waals surface area (Å²) in [5.41, 5.74) is 2.33. The molecule has 3 aromatic rings. The van der Waals surface area contributed by atoms with Gasteiger partial charge in [-0.05, 0) is 70.0 Å². The summed E-state index contributed by atoms with van der Waals surface area (Å²) in [6.45, 7) is -0.184. The van der Waals surface area contributed by atoms with Crippen LogP contribution in [-0.4, -0.2) is 31.3 Å². The van der Waals surface area contributed by atoms with Crippen LogP contribution in [0.4, 0.5) is 11.4 Å². The number of thioether (sulfide) groups is 1. The molecule has 9 heteroatoms. The van der Waals surface area contributed by atoms with Gasteiger partial charge in [0.2, 0.25) is 5.91 Å². The third-order valence-electron chi connectivity index (χ3n) is 4.91. The Morgan fingerprint density at radius 2 is 1.91 bits per heavy atom. The highest BCUT2D eigenvalue weighted by molar-refractivity contribution is 9.10. The van der Waals surface area contributed by atoms with Gasteiger partial charge in [0.1, 0.15) is 5.37 Å². The smallest absolute Gasteiger partial charge is 0.262 e. The molecule has 1 aliphatic rings. The number of carbonyl (C=O) groups is 2. The summed E-state index contributed by atoms with van der Waals surface area (Å²) in [7, 11) is 1.53. The Bertz CT molecular complexity index is 1160. The third kappa shape index (κ3) is 5.46. The van der Waals surface area contributed by atoms with Crippen LogP contribution in [0.2, 0.25) is 5.02 Å². The first-order valence-electron chi connectivity index (χ1n) is 10.0. The quantitative estimate of drug-likeness (QED) is 0.398. The molecule has 0 saturated carbocycles. The summed E-state index contributed by atoms with van der Waals surface area (Å²) in [5.74, 6) is 0.968. The number of amides is 2. The molecule has 0 aliphatic carbocycles. The van der Waals surface area contributed by atoms with E-state index in [4.69, 9.17) is 21.1 Å². The lowest BCUT2D eigenvalue weighted by Gasteiger charge is -2.25. The first kappa shape index (κ1) is 23.5. The fourth-order valence-electron chi connectivity index (χ4n) is 3.43. The number of hydrogen-bond acceptors (Lipinski definition) is 5. The van der Waals surface area contributed by atoms with Gasteiger partial charge in [0, 0.05) is 16.4 Å². The summed E-state index contributed by atoms with van der Waals surface area (Å²) < 4.78 is 11.9. The minimum atomic E-state index is -0.287. The number of halogens is 2. The molecule has 1 aliphatic heterocycles. The van der Waals surface area contributed by atoms with Gasteiger partial charge in [-0.3, -0.25) is 14.5 Å². The maximum Gasteiger partial charge on any atom is 0.262 e. The Kier molecular flexibility index (Phi) is 7.47. The number of anilines is 2. The van der Waals surface area contributed by atoms with E-state index in [2.05, 4.69) is 21.2 Å². The Morgan fingerprint density at radius 3 is 2.61 bits per heavy atom. The second kappa shape index (κ2) is 10.5. The van der Waals surface area contributed by atoms with Gasteiger partial charge in [-0.2, -0.15) is 0 Å². The predicted molar refractivity (Wildman–Crippen MR) is 135 cm³/mol. The second-order valence-electron chi connectivity index (χ2n) is 7.14. The highest BCUT2D eigenvalue weighted by atomic mass is 79.9. The number of para-hydroxylation sites is 1. The van der Waals surface area contributed by atoms with Crippen molar-refractivity contribution in [3.05, 3.63) is 81.8 Å². The molecule has 2 amide bonds. The van der Waals surface area contributed by atoms with E-state index < -0.39 is 0 Å². The molecule has 1 heterocycles. The highest BCUT2D eigenvalue weighted by Gasteiger charge is 2.35. The van der Waals surface area contributed by atoms with Gasteiger partial charge in [0.25, 0.3) is 5.91 Å². The number of hydrogen-bond donors (Lipinski definition) is 1. The molecule has 3 aromatic carbocycles. The fraction of sp³-hybridized carbons (Fsp3) is 0.167. The molecule has 0 spiro atoms. The maximum atomic E-state index is 12.6. The van der Waals surface area contributed by atoms with Crippen molar-refractivity contribution < 1.29 is 19.1 Å². The van der Waals surface area contributed by atoms with Crippen LogP contribution in [0.3, 0.4) is 0 Å². The molecule has 1 saturated heterocycles. The minimum Gasteiger partial charge on any atom is -0.493 e. The van der Waals surface area contributed by atoms with Crippen molar-refractivity contribution in [2.24, 2.45) is 0 Å². The first-order chi connectivity index (χ1) is 16.0. The van der Waals surface area contributed by atoms with Gasteiger partial charge in [-0.25, -0.2) is 0 Å². The number of nitrogens with zero attached hydrogens (tertiary/aromatic N) is 1. The number of methoxy groups -OCH3 is 1. The molecular formula is C24H20BrClN2O4S. The molecule has 1 atom stereocenters. The van der Waals surface area contributed by atoms with Crippen LogP contribution >= 0.6 is 39.3 Å². The van der Waals surface area contributed by atoms with Gasteiger partial charge in [0.05, 0.1) is 17.3 Å². The number of carbonyl (C=O) groups excluding carboxylic acids is 2. The summed E-state index contributed by atoms with van der Waals surface area (Å²) in [6.07, 6.45) is 0. The van der Waals surface area contributed by atoms with Crippen LogP contribution in [0.15, 0.2) is 71.2 Å². The number of rotatable bonds is 7. The van der Waals surface area contributed by atoms with E-state index in [1.165, 1.54) is 18.9 Å². The topological polar surface area (TPSA) is 67.9 Å². The lowest BCUT2D eigenvalue weighted by atomic mass is 10.1. The lowest BCUT2D eigenvalue weighted by molar-refractivity contribution is -0.118. The predicted octanol–water partition coefficient (Wildman–Crippen LogP) is 5.91. The van der Waals surface area contributed by atoms with Crippen molar-refractivity contribution in [2.45, 2.75) is 5.37 Å². The molecule has 0 unspecified atom stereocenters. The van der Waals surface area contributed by atoms with Gasteiger partial charge < -0.3 is 14.8 Å². The molecule has 0 radical (unpaired) electrons. The molecule has 170 valence electrons. The van der Waals surface area contributed by atoms with E-state index >= 15 is 0 Å². The van der Waals surface area contributed by atoms with Crippen molar-refractivity contribution in [3.63, 3.8) is 0 Å². The standard InChI is InChI=1S/C24H20BrClN2O4S/c1-31-20-12-15(24-28(22(30)14-33-24)18-9-7-16(26)8-10-18)11-19(25)23(20)32-13-21(29)27-17-5-3-2-4-6-17/h2-12,24H,13-14H2,1H3,(H,27,29)/t24-/m0/s1. The van der Waals surface area contributed by atoms with E-state index in [-0.39, 0.29) is 23.8 Å².